The molecule has 104 valence electrons. The highest BCUT2D eigenvalue weighted by molar-refractivity contribution is 5.84. The Bertz CT molecular complexity index is 398. The quantitative estimate of drug-likeness (QED) is 0.881. The summed E-state index contributed by atoms with van der Waals surface area (Å²) < 4.78 is 9.98. The summed E-state index contributed by atoms with van der Waals surface area (Å²) in [6.07, 6.45) is 2.80. The predicted molar refractivity (Wildman–Crippen MR) is 74.6 cm³/mol. The lowest BCUT2D eigenvalue weighted by Gasteiger charge is -2.17. The number of anilines is 2. The van der Waals surface area contributed by atoms with E-state index in [1.54, 1.807) is 0 Å². The van der Waals surface area contributed by atoms with Crippen LogP contribution in [0.4, 0.5) is 16.2 Å². The molecule has 5 nitrogen and oxygen atoms in total. The van der Waals surface area contributed by atoms with E-state index in [1.807, 2.05) is 24.3 Å². The monoisotopic (exact) mass is 264 g/mol. The van der Waals surface area contributed by atoms with Crippen molar-refractivity contribution in [1.82, 2.24) is 0 Å². The van der Waals surface area contributed by atoms with Crippen LogP contribution in [0, 0.1) is 0 Å². The molecule has 0 radical (unpaired) electrons. The average Bonchev–Trinajstić information content (AvgIpc) is 2.69. The zero-order valence-electron chi connectivity index (χ0n) is 11.1. The van der Waals surface area contributed by atoms with Gasteiger partial charge in [0.05, 0.1) is 7.11 Å². The molecule has 1 fully saturated rings. The summed E-state index contributed by atoms with van der Waals surface area (Å²) >= 11 is 0. The van der Waals surface area contributed by atoms with Gasteiger partial charge in [-0.1, -0.05) is 0 Å². The Morgan fingerprint density at radius 2 is 1.95 bits per heavy atom. The minimum atomic E-state index is -0.457. The van der Waals surface area contributed by atoms with Crippen molar-refractivity contribution in [2.45, 2.75) is 25.3 Å². The van der Waals surface area contributed by atoms with E-state index in [1.165, 1.54) is 7.11 Å². The van der Waals surface area contributed by atoms with E-state index in [4.69, 9.17) is 4.74 Å². The number of rotatable bonds is 3. The Morgan fingerprint density at radius 1 is 1.21 bits per heavy atom. The summed E-state index contributed by atoms with van der Waals surface area (Å²) in [5.74, 6) is 0. The second-order valence-electron chi connectivity index (χ2n) is 4.58. The molecule has 5 heteroatoms. The van der Waals surface area contributed by atoms with E-state index in [0.717, 1.165) is 43.9 Å². The number of amides is 1. The summed E-state index contributed by atoms with van der Waals surface area (Å²) in [5.41, 5.74) is 1.78. The predicted octanol–water partition coefficient (Wildman–Crippen LogP) is 2.85. The van der Waals surface area contributed by atoms with E-state index in [0.29, 0.717) is 6.04 Å². The highest BCUT2D eigenvalue weighted by atomic mass is 16.5. The molecule has 0 saturated carbocycles. The molecule has 2 N–H and O–H groups in total. The molecule has 2 rings (SSSR count). The Hall–Kier alpha value is -1.75. The molecular formula is C14H20N2O3. The van der Waals surface area contributed by atoms with Crippen LogP contribution in [0.1, 0.15) is 19.3 Å². The van der Waals surface area contributed by atoms with Gasteiger partial charge in [0.1, 0.15) is 0 Å². The first-order chi connectivity index (χ1) is 9.28. The van der Waals surface area contributed by atoms with E-state index in [-0.39, 0.29) is 0 Å². The number of carbonyl (C=O) groups is 1. The number of methoxy groups -OCH3 is 1. The van der Waals surface area contributed by atoms with Crippen molar-refractivity contribution in [3.63, 3.8) is 0 Å². The van der Waals surface area contributed by atoms with Gasteiger partial charge in [-0.3, -0.25) is 5.32 Å². The van der Waals surface area contributed by atoms with E-state index in [2.05, 4.69) is 15.4 Å². The van der Waals surface area contributed by atoms with Gasteiger partial charge < -0.3 is 14.8 Å². The molecule has 1 heterocycles. The van der Waals surface area contributed by atoms with Gasteiger partial charge in [-0.15, -0.1) is 0 Å². The third-order valence-electron chi connectivity index (χ3n) is 3.14. The Labute approximate surface area is 113 Å². The first-order valence-electron chi connectivity index (χ1n) is 6.57. The van der Waals surface area contributed by atoms with Crippen LogP contribution in [0.3, 0.4) is 0 Å². The number of ether oxygens (including phenoxy) is 2. The zero-order valence-corrected chi connectivity index (χ0v) is 11.1. The minimum Gasteiger partial charge on any atom is -0.453 e. The SMILES string of the molecule is COC(=O)Nc1ccc(NC2CCCOCC2)cc1. The maximum absolute atomic E-state index is 11.1. The second-order valence-corrected chi connectivity index (χ2v) is 4.58. The lowest BCUT2D eigenvalue weighted by Crippen LogP contribution is -2.19. The van der Waals surface area contributed by atoms with Crippen LogP contribution < -0.4 is 10.6 Å². The van der Waals surface area contributed by atoms with Crippen molar-refractivity contribution in [1.29, 1.82) is 0 Å². The summed E-state index contributed by atoms with van der Waals surface area (Å²) in [4.78, 5) is 11.1. The van der Waals surface area contributed by atoms with Crippen LogP contribution in [-0.2, 0) is 9.47 Å². The fraction of sp³-hybridized carbons (Fsp3) is 0.500. The van der Waals surface area contributed by atoms with Gasteiger partial charge in [0.2, 0.25) is 0 Å². The Balaban J connectivity index is 1.88. The van der Waals surface area contributed by atoms with Gasteiger partial charge in [-0.2, -0.15) is 0 Å². The van der Waals surface area contributed by atoms with Gasteiger partial charge in [0, 0.05) is 30.6 Å². The minimum absolute atomic E-state index is 0.457. The van der Waals surface area contributed by atoms with Crippen molar-refractivity contribution < 1.29 is 14.3 Å². The molecule has 1 atom stereocenters. The highest BCUT2D eigenvalue weighted by Gasteiger charge is 2.11. The standard InChI is InChI=1S/C14H20N2O3/c1-18-14(17)16-13-6-4-12(5-7-13)15-11-3-2-9-19-10-8-11/h4-7,11,15H,2-3,8-10H2,1H3,(H,16,17). The smallest absolute Gasteiger partial charge is 0.411 e. The second kappa shape index (κ2) is 6.99. The average molecular weight is 264 g/mol. The number of hydrogen-bond acceptors (Lipinski definition) is 4. The molecule has 0 spiro atoms. The van der Waals surface area contributed by atoms with Crippen LogP contribution in [0.15, 0.2) is 24.3 Å². The molecule has 1 aliphatic rings. The number of carbonyl (C=O) groups excluding carboxylic acids is 1. The Kier molecular flexibility index (Phi) is 5.03. The summed E-state index contributed by atoms with van der Waals surface area (Å²) in [6.45, 7) is 1.68. The van der Waals surface area contributed by atoms with Crippen molar-refractivity contribution in [2.75, 3.05) is 31.0 Å². The third kappa shape index (κ3) is 4.44. The molecule has 1 saturated heterocycles. The van der Waals surface area contributed by atoms with Crippen molar-refractivity contribution in [2.24, 2.45) is 0 Å². The molecule has 0 bridgehead atoms. The molecule has 0 aromatic heterocycles. The van der Waals surface area contributed by atoms with Crippen LogP contribution in [0.5, 0.6) is 0 Å². The van der Waals surface area contributed by atoms with E-state index >= 15 is 0 Å². The fourth-order valence-electron chi connectivity index (χ4n) is 2.10. The number of nitrogens with one attached hydrogen (secondary N) is 2. The van der Waals surface area contributed by atoms with Gasteiger partial charge >= 0.3 is 6.09 Å². The number of benzene rings is 1. The normalized spacial score (nSPS) is 19.3. The number of hydrogen-bond donors (Lipinski definition) is 2. The van der Waals surface area contributed by atoms with Crippen LogP contribution in [-0.4, -0.2) is 32.5 Å². The zero-order chi connectivity index (χ0) is 13.5. The van der Waals surface area contributed by atoms with Crippen molar-refractivity contribution in [3.8, 4) is 0 Å². The van der Waals surface area contributed by atoms with Gasteiger partial charge in [-0.05, 0) is 43.5 Å². The molecule has 0 aliphatic carbocycles. The van der Waals surface area contributed by atoms with Crippen LogP contribution in [0.25, 0.3) is 0 Å². The van der Waals surface area contributed by atoms with Gasteiger partial charge in [-0.25, -0.2) is 4.79 Å². The first-order valence-corrected chi connectivity index (χ1v) is 6.57. The van der Waals surface area contributed by atoms with Gasteiger partial charge in [0.15, 0.2) is 0 Å². The molecular weight excluding hydrogens is 244 g/mol. The first kappa shape index (κ1) is 13.7. The largest absolute Gasteiger partial charge is 0.453 e. The molecule has 1 aliphatic heterocycles. The lowest BCUT2D eigenvalue weighted by atomic mass is 10.1. The highest BCUT2D eigenvalue weighted by Crippen LogP contribution is 2.18. The maximum Gasteiger partial charge on any atom is 0.411 e. The summed E-state index contributed by atoms with van der Waals surface area (Å²) in [6, 6.07) is 8.08. The third-order valence-corrected chi connectivity index (χ3v) is 3.14. The van der Waals surface area contributed by atoms with Crippen molar-refractivity contribution >= 4 is 17.5 Å². The molecule has 1 aromatic carbocycles. The fourth-order valence-corrected chi connectivity index (χ4v) is 2.10. The van der Waals surface area contributed by atoms with E-state index in [9.17, 15) is 4.79 Å². The molecule has 1 amide bonds. The Morgan fingerprint density at radius 3 is 2.68 bits per heavy atom. The molecule has 1 aromatic rings. The molecule has 19 heavy (non-hydrogen) atoms. The summed E-state index contributed by atoms with van der Waals surface area (Å²) in [7, 11) is 1.35. The van der Waals surface area contributed by atoms with Crippen molar-refractivity contribution in [3.05, 3.63) is 24.3 Å². The lowest BCUT2D eigenvalue weighted by molar-refractivity contribution is 0.144. The van der Waals surface area contributed by atoms with Gasteiger partial charge in [0.25, 0.3) is 0 Å². The summed E-state index contributed by atoms with van der Waals surface area (Å²) in [5, 5.41) is 6.11. The maximum atomic E-state index is 11.1. The van der Waals surface area contributed by atoms with E-state index < -0.39 is 6.09 Å². The van der Waals surface area contributed by atoms with Crippen LogP contribution in [0.2, 0.25) is 0 Å². The molecule has 1 unspecified atom stereocenters. The topological polar surface area (TPSA) is 59.6 Å². The van der Waals surface area contributed by atoms with Crippen LogP contribution >= 0.6 is 0 Å².